The molecule has 0 aliphatic carbocycles. The van der Waals surface area contributed by atoms with Crippen LogP contribution >= 0.6 is 0 Å². The zero-order chi connectivity index (χ0) is 17.3. The summed E-state index contributed by atoms with van der Waals surface area (Å²) in [7, 11) is 1.01. The minimum atomic E-state index is -6.19. The molecule has 1 aromatic rings. The summed E-state index contributed by atoms with van der Waals surface area (Å²) in [4.78, 5) is 11.0. The van der Waals surface area contributed by atoms with Crippen molar-refractivity contribution < 1.29 is 40.3 Å². The zero-order valence-electron chi connectivity index (χ0n) is 11.2. The third-order valence-corrected chi connectivity index (χ3v) is 2.83. The van der Waals surface area contributed by atoms with Gasteiger partial charge in [0.25, 0.3) is 0 Å². The van der Waals surface area contributed by atoms with E-state index < -0.39 is 29.7 Å². The van der Waals surface area contributed by atoms with Crippen LogP contribution in [0.15, 0.2) is 18.2 Å². The van der Waals surface area contributed by atoms with Crippen LogP contribution in [-0.4, -0.2) is 25.6 Å². The summed E-state index contributed by atoms with van der Waals surface area (Å²) in [5.41, 5.74) is -7.43. The lowest BCUT2D eigenvalue weighted by atomic mass is 9.92. The number of benzene rings is 1. The molecule has 0 saturated carbocycles. The molecule has 124 valence electrons. The highest BCUT2D eigenvalue weighted by molar-refractivity contribution is 5.85. The fraction of sp³-hybridized carbons (Fsp3) is 0.417. The fourth-order valence-electron chi connectivity index (χ4n) is 1.67. The SMILES string of the molecule is COC(=O)Nc1ccc(C(F)(C(F)(F)F)C(F)(F)F)cc1C. The van der Waals surface area contributed by atoms with Gasteiger partial charge in [-0.25, -0.2) is 9.18 Å². The lowest BCUT2D eigenvalue weighted by Crippen LogP contribution is -2.50. The number of carbonyl (C=O) groups is 1. The second-order valence-electron chi connectivity index (χ2n) is 4.30. The number of alkyl halides is 7. The van der Waals surface area contributed by atoms with E-state index in [0.717, 1.165) is 20.1 Å². The van der Waals surface area contributed by atoms with Crippen LogP contribution in [0.5, 0.6) is 0 Å². The van der Waals surface area contributed by atoms with E-state index in [1.165, 1.54) is 0 Å². The average molecular weight is 333 g/mol. The summed E-state index contributed by atoms with van der Waals surface area (Å²) < 4.78 is 93.6. The minimum Gasteiger partial charge on any atom is -0.453 e. The molecule has 22 heavy (non-hydrogen) atoms. The molecule has 0 aliphatic heterocycles. The van der Waals surface area contributed by atoms with Gasteiger partial charge in [-0.05, 0) is 18.6 Å². The molecular weight excluding hydrogens is 323 g/mol. The quantitative estimate of drug-likeness (QED) is 0.812. The van der Waals surface area contributed by atoms with E-state index in [1.54, 1.807) is 0 Å². The van der Waals surface area contributed by atoms with Crippen LogP contribution in [0.1, 0.15) is 11.1 Å². The van der Waals surface area contributed by atoms with Gasteiger partial charge in [-0.2, -0.15) is 26.3 Å². The number of methoxy groups -OCH3 is 1. The van der Waals surface area contributed by atoms with Crippen molar-refractivity contribution in [2.24, 2.45) is 0 Å². The first kappa shape index (κ1) is 18.1. The number of anilines is 1. The molecule has 0 bridgehead atoms. The number of carbonyl (C=O) groups excluding carboxylic acids is 1. The Labute approximate surface area is 120 Å². The Bertz CT molecular complexity index is 552. The summed E-state index contributed by atoms with van der Waals surface area (Å²) in [5, 5.41) is 2.07. The monoisotopic (exact) mass is 333 g/mol. The maximum absolute atomic E-state index is 13.8. The largest absolute Gasteiger partial charge is 0.453 e. The van der Waals surface area contributed by atoms with Gasteiger partial charge in [0.1, 0.15) is 0 Å². The van der Waals surface area contributed by atoms with Gasteiger partial charge in [-0.1, -0.05) is 12.1 Å². The Hall–Kier alpha value is -2.00. The van der Waals surface area contributed by atoms with Crippen LogP contribution in [0.25, 0.3) is 0 Å². The Morgan fingerprint density at radius 3 is 1.91 bits per heavy atom. The molecule has 0 atom stereocenters. The molecule has 1 N–H and O–H groups in total. The molecule has 0 heterocycles. The Morgan fingerprint density at radius 2 is 1.55 bits per heavy atom. The summed E-state index contributed by atoms with van der Waals surface area (Å²) >= 11 is 0. The van der Waals surface area contributed by atoms with Crippen molar-refractivity contribution in [1.82, 2.24) is 0 Å². The summed E-state index contributed by atoms with van der Waals surface area (Å²) in [5.74, 6) is 0. The van der Waals surface area contributed by atoms with Crippen LogP contribution < -0.4 is 5.32 Å². The van der Waals surface area contributed by atoms with E-state index in [4.69, 9.17) is 0 Å². The van der Waals surface area contributed by atoms with Gasteiger partial charge in [-0.3, -0.25) is 5.32 Å². The van der Waals surface area contributed by atoms with E-state index in [0.29, 0.717) is 12.1 Å². The van der Waals surface area contributed by atoms with Crippen molar-refractivity contribution in [2.45, 2.75) is 24.9 Å². The van der Waals surface area contributed by atoms with Crippen LogP contribution in [0.2, 0.25) is 0 Å². The molecule has 0 saturated heterocycles. The van der Waals surface area contributed by atoms with E-state index in [1.807, 2.05) is 0 Å². The van der Waals surface area contributed by atoms with Gasteiger partial charge < -0.3 is 4.74 Å². The maximum Gasteiger partial charge on any atom is 0.435 e. The Morgan fingerprint density at radius 1 is 1.05 bits per heavy atom. The van der Waals surface area contributed by atoms with Gasteiger partial charge in [0.05, 0.1) is 7.11 Å². The van der Waals surface area contributed by atoms with Gasteiger partial charge in [0, 0.05) is 11.3 Å². The Balaban J connectivity index is 3.36. The lowest BCUT2D eigenvalue weighted by molar-refractivity contribution is -0.348. The summed E-state index contributed by atoms with van der Waals surface area (Å²) in [6.07, 6.45) is -13.3. The van der Waals surface area contributed by atoms with E-state index >= 15 is 0 Å². The zero-order valence-corrected chi connectivity index (χ0v) is 11.2. The van der Waals surface area contributed by atoms with Crippen LogP contribution in [0.4, 0.5) is 41.2 Å². The lowest BCUT2D eigenvalue weighted by Gasteiger charge is -2.30. The fourth-order valence-corrected chi connectivity index (χ4v) is 1.67. The highest BCUT2D eigenvalue weighted by Crippen LogP contribution is 2.53. The molecule has 0 radical (unpaired) electrons. The number of amides is 1. The van der Waals surface area contributed by atoms with Gasteiger partial charge >= 0.3 is 24.1 Å². The van der Waals surface area contributed by atoms with Crippen LogP contribution in [-0.2, 0) is 10.4 Å². The summed E-state index contributed by atoms with van der Waals surface area (Å²) in [6.45, 7) is 1.11. The standard InChI is InChI=1S/C12H10F7NO2/c1-6-5-7(3-4-8(6)20-9(21)22-2)10(13,11(14,15)16)12(17,18)19/h3-5H,1-2H3,(H,20,21). The predicted molar refractivity (Wildman–Crippen MR) is 62.1 cm³/mol. The number of hydrogen-bond donors (Lipinski definition) is 1. The second kappa shape index (κ2) is 5.65. The molecule has 1 rings (SSSR count). The molecule has 1 aromatic carbocycles. The topological polar surface area (TPSA) is 38.3 Å². The molecule has 3 nitrogen and oxygen atoms in total. The third-order valence-electron chi connectivity index (χ3n) is 2.83. The van der Waals surface area contributed by atoms with Crippen molar-refractivity contribution in [2.75, 3.05) is 12.4 Å². The van der Waals surface area contributed by atoms with Crippen molar-refractivity contribution in [1.29, 1.82) is 0 Å². The number of nitrogens with one attached hydrogen (secondary N) is 1. The minimum absolute atomic E-state index is 0.109. The van der Waals surface area contributed by atoms with E-state index in [-0.39, 0.29) is 11.3 Å². The first-order valence-electron chi connectivity index (χ1n) is 5.63. The molecule has 0 aromatic heterocycles. The highest BCUT2D eigenvalue weighted by Gasteiger charge is 2.73. The van der Waals surface area contributed by atoms with Crippen molar-refractivity contribution in [3.8, 4) is 0 Å². The average Bonchev–Trinajstić information content (AvgIpc) is 2.37. The number of halogens is 7. The first-order valence-corrected chi connectivity index (χ1v) is 5.63. The maximum atomic E-state index is 13.8. The molecule has 10 heteroatoms. The van der Waals surface area contributed by atoms with Crippen molar-refractivity contribution in [3.63, 3.8) is 0 Å². The summed E-state index contributed by atoms with van der Waals surface area (Å²) in [6, 6.07) is 1.40. The molecule has 0 fully saturated rings. The third kappa shape index (κ3) is 3.09. The van der Waals surface area contributed by atoms with Gasteiger partial charge in [0.2, 0.25) is 0 Å². The number of hydrogen-bond acceptors (Lipinski definition) is 2. The second-order valence-corrected chi connectivity index (χ2v) is 4.30. The molecule has 0 spiro atoms. The highest BCUT2D eigenvalue weighted by atomic mass is 19.4. The van der Waals surface area contributed by atoms with Crippen LogP contribution in [0.3, 0.4) is 0 Å². The van der Waals surface area contributed by atoms with Crippen molar-refractivity contribution >= 4 is 11.8 Å². The van der Waals surface area contributed by atoms with Gasteiger partial charge in [-0.15, -0.1) is 0 Å². The van der Waals surface area contributed by atoms with E-state index in [9.17, 15) is 35.5 Å². The molecule has 0 aliphatic rings. The predicted octanol–water partition coefficient (Wildman–Crippen LogP) is 4.46. The van der Waals surface area contributed by atoms with E-state index in [2.05, 4.69) is 10.1 Å². The molecule has 0 unspecified atom stereocenters. The number of aryl methyl sites for hydroxylation is 1. The number of rotatable bonds is 2. The number of ether oxygens (including phenoxy) is 1. The van der Waals surface area contributed by atoms with Crippen molar-refractivity contribution in [3.05, 3.63) is 29.3 Å². The smallest absolute Gasteiger partial charge is 0.435 e. The molecular formula is C12H10F7NO2. The van der Waals surface area contributed by atoms with Gasteiger partial charge in [0.15, 0.2) is 0 Å². The first-order chi connectivity index (χ1) is 9.84. The van der Waals surface area contributed by atoms with Crippen LogP contribution in [0, 0.1) is 6.92 Å². The normalized spacial score (nSPS) is 13.0. The Kier molecular flexibility index (Phi) is 4.64. The molecule has 1 amide bonds.